The van der Waals surface area contributed by atoms with Crippen molar-refractivity contribution >= 4 is 11.8 Å². The molecule has 0 bridgehead atoms. The molecule has 1 aromatic carbocycles. The van der Waals surface area contributed by atoms with Gasteiger partial charge in [0.25, 0.3) is 0 Å². The lowest BCUT2D eigenvalue weighted by Crippen LogP contribution is -2.45. The second kappa shape index (κ2) is 6.50. The molecule has 0 saturated carbocycles. The average molecular weight is 272 g/mol. The van der Waals surface area contributed by atoms with Crippen LogP contribution in [0.3, 0.4) is 0 Å². The first-order valence-electron chi connectivity index (χ1n) is 6.23. The van der Waals surface area contributed by atoms with E-state index in [1.54, 1.807) is 0 Å². The fourth-order valence-electron chi connectivity index (χ4n) is 2.33. The number of hydrogen-bond donors (Lipinski definition) is 2. The third-order valence-electron chi connectivity index (χ3n) is 3.36. The van der Waals surface area contributed by atoms with E-state index in [0.29, 0.717) is 11.7 Å². The molecule has 0 amide bonds. The number of hydrogen-bond acceptors (Lipinski definition) is 3. The molecule has 3 N–H and O–H groups in total. The summed E-state index contributed by atoms with van der Waals surface area (Å²) in [4.78, 5) is 0. The monoisotopic (exact) mass is 272 g/mol. The Morgan fingerprint density at radius 1 is 1.33 bits per heavy atom. The van der Waals surface area contributed by atoms with Crippen LogP contribution in [0.2, 0.25) is 0 Å². The summed E-state index contributed by atoms with van der Waals surface area (Å²) in [6, 6.07) is 3.88. The SMILES string of the molecule is NNC(Cc1c(F)cccc1F)C1CCCCS1. The fourth-order valence-corrected chi connectivity index (χ4v) is 3.74. The molecular formula is C13H18F2N2S. The largest absolute Gasteiger partial charge is 0.271 e. The molecule has 0 spiro atoms. The smallest absolute Gasteiger partial charge is 0.129 e. The van der Waals surface area contributed by atoms with Gasteiger partial charge in [-0.25, -0.2) is 8.78 Å². The third kappa shape index (κ3) is 3.22. The first kappa shape index (κ1) is 13.8. The fraction of sp³-hybridized carbons (Fsp3) is 0.538. The van der Waals surface area contributed by atoms with Gasteiger partial charge in [-0.3, -0.25) is 11.3 Å². The van der Waals surface area contributed by atoms with Crippen LogP contribution in [0.5, 0.6) is 0 Å². The van der Waals surface area contributed by atoms with Crippen molar-refractivity contribution in [3.8, 4) is 0 Å². The molecule has 1 aliphatic heterocycles. The van der Waals surface area contributed by atoms with Gasteiger partial charge in [0.2, 0.25) is 0 Å². The van der Waals surface area contributed by atoms with E-state index < -0.39 is 11.6 Å². The Morgan fingerprint density at radius 2 is 2.06 bits per heavy atom. The van der Waals surface area contributed by atoms with E-state index in [9.17, 15) is 8.78 Å². The summed E-state index contributed by atoms with van der Waals surface area (Å²) in [6.45, 7) is 0. The highest BCUT2D eigenvalue weighted by Crippen LogP contribution is 2.29. The number of nitrogens with one attached hydrogen (secondary N) is 1. The maximum Gasteiger partial charge on any atom is 0.129 e. The van der Waals surface area contributed by atoms with Crippen molar-refractivity contribution in [3.63, 3.8) is 0 Å². The van der Waals surface area contributed by atoms with Gasteiger partial charge in [0.15, 0.2) is 0 Å². The van der Waals surface area contributed by atoms with Gasteiger partial charge in [0.1, 0.15) is 11.6 Å². The minimum absolute atomic E-state index is 0.0818. The first-order valence-corrected chi connectivity index (χ1v) is 7.28. The van der Waals surface area contributed by atoms with Crippen LogP contribution in [0.15, 0.2) is 18.2 Å². The maximum atomic E-state index is 13.6. The normalized spacial score (nSPS) is 21.8. The summed E-state index contributed by atoms with van der Waals surface area (Å²) >= 11 is 1.84. The van der Waals surface area contributed by atoms with Crippen molar-refractivity contribution in [2.75, 3.05) is 5.75 Å². The van der Waals surface area contributed by atoms with Gasteiger partial charge in [-0.2, -0.15) is 11.8 Å². The number of halogens is 2. The summed E-state index contributed by atoms with van der Waals surface area (Å²) < 4.78 is 27.2. The lowest BCUT2D eigenvalue weighted by Gasteiger charge is -2.29. The van der Waals surface area contributed by atoms with Crippen LogP contribution in [-0.2, 0) is 6.42 Å². The average Bonchev–Trinajstić information content (AvgIpc) is 2.40. The molecule has 2 unspecified atom stereocenters. The quantitative estimate of drug-likeness (QED) is 0.653. The van der Waals surface area contributed by atoms with Crippen LogP contribution in [-0.4, -0.2) is 17.0 Å². The van der Waals surface area contributed by atoms with E-state index in [1.165, 1.54) is 24.6 Å². The van der Waals surface area contributed by atoms with E-state index in [-0.39, 0.29) is 11.6 Å². The van der Waals surface area contributed by atoms with Crippen LogP contribution in [0.4, 0.5) is 8.78 Å². The van der Waals surface area contributed by atoms with Gasteiger partial charge in [-0.05, 0) is 37.1 Å². The lowest BCUT2D eigenvalue weighted by atomic mass is 9.99. The highest BCUT2D eigenvalue weighted by molar-refractivity contribution is 8.00. The van der Waals surface area contributed by atoms with Crippen LogP contribution in [0.1, 0.15) is 24.8 Å². The van der Waals surface area contributed by atoms with Gasteiger partial charge in [-0.1, -0.05) is 12.5 Å². The Balaban J connectivity index is 2.09. The molecule has 0 aromatic heterocycles. The van der Waals surface area contributed by atoms with Gasteiger partial charge in [0, 0.05) is 16.9 Å². The summed E-state index contributed by atoms with van der Waals surface area (Å²) in [7, 11) is 0. The van der Waals surface area contributed by atoms with Gasteiger partial charge in [0.05, 0.1) is 0 Å². The highest BCUT2D eigenvalue weighted by Gasteiger charge is 2.25. The molecular weight excluding hydrogens is 254 g/mol. The van der Waals surface area contributed by atoms with Crippen molar-refractivity contribution in [1.82, 2.24) is 5.43 Å². The van der Waals surface area contributed by atoms with E-state index in [0.717, 1.165) is 18.6 Å². The van der Waals surface area contributed by atoms with Crippen LogP contribution < -0.4 is 11.3 Å². The van der Waals surface area contributed by atoms with Crippen LogP contribution in [0.25, 0.3) is 0 Å². The lowest BCUT2D eigenvalue weighted by molar-refractivity contribution is 0.451. The van der Waals surface area contributed by atoms with Crippen LogP contribution in [0, 0.1) is 11.6 Å². The molecule has 18 heavy (non-hydrogen) atoms. The molecule has 2 nitrogen and oxygen atoms in total. The number of nitrogens with two attached hydrogens (primary N) is 1. The van der Waals surface area contributed by atoms with E-state index in [2.05, 4.69) is 5.43 Å². The van der Waals surface area contributed by atoms with Crippen LogP contribution >= 0.6 is 11.8 Å². The predicted molar refractivity (Wildman–Crippen MR) is 71.3 cm³/mol. The second-order valence-corrected chi connectivity index (χ2v) is 5.93. The molecule has 1 aliphatic rings. The number of benzene rings is 1. The van der Waals surface area contributed by atoms with Crippen molar-refractivity contribution in [1.29, 1.82) is 0 Å². The molecule has 1 aromatic rings. The minimum atomic E-state index is -0.490. The Labute approximate surface area is 110 Å². The first-order chi connectivity index (χ1) is 8.72. The van der Waals surface area contributed by atoms with Gasteiger partial charge in [-0.15, -0.1) is 0 Å². The molecule has 100 valence electrons. The summed E-state index contributed by atoms with van der Waals surface area (Å²) in [5.41, 5.74) is 2.85. The van der Waals surface area contributed by atoms with Crippen molar-refractivity contribution in [2.45, 2.75) is 37.0 Å². The van der Waals surface area contributed by atoms with E-state index >= 15 is 0 Å². The molecule has 0 aliphatic carbocycles. The third-order valence-corrected chi connectivity index (χ3v) is 4.88. The number of rotatable bonds is 4. The zero-order valence-corrected chi connectivity index (χ0v) is 11.0. The molecule has 1 fully saturated rings. The second-order valence-electron chi connectivity index (χ2n) is 4.58. The Bertz CT molecular complexity index is 374. The molecule has 1 saturated heterocycles. The highest BCUT2D eigenvalue weighted by atomic mass is 32.2. The molecule has 2 rings (SSSR count). The molecule has 1 heterocycles. The summed E-state index contributed by atoms with van der Waals surface area (Å²) in [5, 5.41) is 0.336. The van der Waals surface area contributed by atoms with Crippen molar-refractivity contribution in [3.05, 3.63) is 35.4 Å². The Hall–Kier alpha value is -0.650. The van der Waals surface area contributed by atoms with Gasteiger partial charge >= 0.3 is 0 Å². The maximum absolute atomic E-state index is 13.6. The summed E-state index contributed by atoms with van der Waals surface area (Å²) in [6.07, 6.45) is 3.73. The zero-order valence-electron chi connectivity index (χ0n) is 10.2. The predicted octanol–water partition coefficient (Wildman–Crippen LogP) is 2.62. The van der Waals surface area contributed by atoms with E-state index in [1.807, 2.05) is 11.8 Å². The van der Waals surface area contributed by atoms with Gasteiger partial charge < -0.3 is 0 Å². The number of thioether (sulfide) groups is 1. The number of hydrazine groups is 1. The topological polar surface area (TPSA) is 38.0 Å². The molecule has 0 radical (unpaired) electrons. The molecule has 5 heteroatoms. The Morgan fingerprint density at radius 3 is 2.61 bits per heavy atom. The van der Waals surface area contributed by atoms with E-state index in [4.69, 9.17) is 5.84 Å². The van der Waals surface area contributed by atoms with Crippen molar-refractivity contribution in [2.24, 2.45) is 5.84 Å². The standard InChI is InChI=1S/C13H18F2N2S/c14-10-4-3-5-11(15)9(10)8-12(17-16)13-6-1-2-7-18-13/h3-5,12-13,17H,1-2,6-8,16H2. The van der Waals surface area contributed by atoms with Crippen molar-refractivity contribution < 1.29 is 8.78 Å². The minimum Gasteiger partial charge on any atom is -0.271 e. The molecule has 2 atom stereocenters. The zero-order chi connectivity index (χ0) is 13.0. The summed E-state index contributed by atoms with van der Waals surface area (Å²) in [5.74, 6) is 5.66. The Kier molecular flexibility index (Phi) is 4.97.